The topological polar surface area (TPSA) is 24.5 Å². The monoisotopic (exact) mass is 220 g/mol. The maximum absolute atomic E-state index is 5.17. The summed E-state index contributed by atoms with van der Waals surface area (Å²) in [6, 6.07) is 8.32. The molecule has 1 aliphatic rings. The van der Waals surface area contributed by atoms with Crippen molar-refractivity contribution in [2.45, 2.75) is 6.92 Å². The van der Waals surface area contributed by atoms with Crippen molar-refractivity contribution in [1.82, 2.24) is 5.32 Å². The van der Waals surface area contributed by atoms with Crippen LogP contribution in [-0.4, -0.2) is 33.3 Å². The number of nitrogens with one attached hydrogen (secondary N) is 1. The summed E-state index contributed by atoms with van der Waals surface area (Å²) in [6.45, 7) is 6.67. The number of hydrogen-bond donors (Lipinski definition) is 1. The largest absolute Gasteiger partial charge is 0.497 e. The second kappa shape index (κ2) is 5.21. The van der Waals surface area contributed by atoms with Crippen LogP contribution in [0, 0.1) is 5.92 Å². The van der Waals surface area contributed by atoms with E-state index < -0.39 is 0 Å². The van der Waals surface area contributed by atoms with Crippen molar-refractivity contribution < 1.29 is 4.74 Å². The van der Waals surface area contributed by atoms with Gasteiger partial charge in [0.1, 0.15) is 5.75 Å². The van der Waals surface area contributed by atoms with Gasteiger partial charge in [-0.15, -0.1) is 0 Å². The molecular weight excluding hydrogens is 200 g/mol. The van der Waals surface area contributed by atoms with Gasteiger partial charge >= 0.3 is 0 Å². The fraction of sp³-hybridized carbons (Fsp3) is 0.538. The summed E-state index contributed by atoms with van der Waals surface area (Å²) in [4.78, 5) is 2.43. The van der Waals surface area contributed by atoms with Gasteiger partial charge in [-0.1, -0.05) is 6.92 Å². The third-order valence-electron chi connectivity index (χ3n) is 3.02. The number of rotatable bonds is 2. The highest BCUT2D eigenvalue weighted by atomic mass is 16.5. The van der Waals surface area contributed by atoms with Crippen LogP contribution in [0.3, 0.4) is 0 Å². The van der Waals surface area contributed by atoms with Gasteiger partial charge in [-0.25, -0.2) is 0 Å². The fourth-order valence-corrected chi connectivity index (χ4v) is 2.12. The molecule has 0 radical (unpaired) electrons. The summed E-state index contributed by atoms with van der Waals surface area (Å²) in [5.74, 6) is 1.62. The van der Waals surface area contributed by atoms with Gasteiger partial charge in [0.05, 0.1) is 7.11 Å². The van der Waals surface area contributed by atoms with Crippen LogP contribution in [0.25, 0.3) is 0 Å². The van der Waals surface area contributed by atoms with Crippen molar-refractivity contribution in [2.75, 3.05) is 38.2 Å². The molecule has 1 aromatic rings. The summed E-state index contributed by atoms with van der Waals surface area (Å²) < 4.78 is 5.17. The molecule has 0 aliphatic carbocycles. The lowest BCUT2D eigenvalue weighted by Crippen LogP contribution is -2.29. The highest BCUT2D eigenvalue weighted by molar-refractivity contribution is 5.49. The van der Waals surface area contributed by atoms with Gasteiger partial charge in [-0.3, -0.25) is 0 Å². The summed E-state index contributed by atoms with van der Waals surface area (Å²) >= 11 is 0. The van der Waals surface area contributed by atoms with E-state index in [2.05, 4.69) is 29.3 Å². The third-order valence-corrected chi connectivity index (χ3v) is 3.02. The molecule has 1 aliphatic heterocycles. The molecule has 0 bridgehead atoms. The van der Waals surface area contributed by atoms with Gasteiger partial charge in [-0.2, -0.15) is 0 Å². The second-order valence-electron chi connectivity index (χ2n) is 4.45. The van der Waals surface area contributed by atoms with E-state index in [1.54, 1.807) is 7.11 Å². The first kappa shape index (κ1) is 11.3. The van der Waals surface area contributed by atoms with Crippen molar-refractivity contribution in [3.63, 3.8) is 0 Å². The van der Waals surface area contributed by atoms with Gasteiger partial charge in [0.25, 0.3) is 0 Å². The Morgan fingerprint density at radius 1 is 1.31 bits per heavy atom. The zero-order chi connectivity index (χ0) is 11.4. The lowest BCUT2D eigenvalue weighted by Gasteiger charge is -2.24. The lowest BCUT2D eigenvalue weighted by atomic mass is 10.1. The van der Waals surface area contributed by atoms with E-state index in [0.29, 0.717) is 5.92 Å². The molecule has 3 nitrogen and oxygen atoms in total. The Morgan fingerprint density at radius 3 is 2.75 bits per heavy atom. The van der Waals surface area contributed by atoms with E-state index in [1.165, 1.54) is 5.69 Å². The van der Waals surface area contributed by atoms with Crippen molar-refractivity contribution in [3.05, 3.63) is 24.3 Å². The lowest BCUT2D eigenvalue weighted by molar-refractivity contribution is 0.415. The van der Waals surface area contributed by atoms with Crippen molar-refractivity contribution >= 4 is 5.69 Å². The van der Waals surface area contributed by atoms with E-state index in [4.69, 9.17) is 4.74 Å². The molecule has 2 rings (SSSR count). The number of nitrogens with zero attached hydrogens (tertiary/aromatic N) is 1. The van der Waals surface area contributed by atoms with Gasteiger partial charge in [-0.05, 0) is 36.7 Å². The summed E-state index contributed by atoms with van der Waals surface area (Å²) in [5, 5.41) is 3.45. The Hall–Kier alpha value is -1.22. The molecule has 16 heavy (non-hydrogen) atoms. The van der Waals surface area contributed by atoms with Crippen LogP contribution in [-0.2, 0) is 0 Å². The zero-order valence-corrected chi connectivity index (χ0v) is 10.1. The number of anilines is 1. The SMILES string of the molecule is COc1ccc(N2CCNCC(C)C2)cc1. The number of benzene rings is 1. The van der Waals surface area contributed by atoms with Gasteiger partial charge in [0, 0.05) is 25.3 Å². The molecule has 1 unspecified atom stereocenters. The highest BCUT2D eigenvalue weighted by Crippen LogP contribution is 2.20. The van der Waals surface area contributed by atoms with Crippen molar-refractivity contribution in [2.24, 2.45) is 5.92 Å². The molecule has 0 aromatic heterocycles. The van der Waals surface area contributed by atoms with E-state index in [1.807, 2.05) is 12.1 Å². The molecule has 1 N–H and O–H groups in total. The molecule has 1 saturated heterocycles. The minimum Gasteiger partial charge on any atom is -0.497 e. The predicted molar refractivity (Wildman–Crippen MR) is 67.2 cm³/mol. The molecule has 1 fully saturated rings. The molecule has 88 valence electrons. The average molecular weight is 220 g/mol. The number of ether oxygens (including phenoxy) is 1. The number of hydrogen-bond acceptors (Lipinski definition) is 3. The van der Waals surface area contributed by atoms with Crippen molar-refractivity contribution in [1.29, 1.82) is 0 Å². The van der Waals surface area contributed by atoms with Gasteiger partial charge in [0.2, 0.25) is 0 Å². The molecule has 0 spiro atoms. The Balaban J connectivity index is 2.09. The summed E-state index contributed by atoms with van der Waals surface area (Å²) in [6.07, 6.45) is 0. The van der Waals surface area contributed by atoms with Crippen LogP contribution >= 0.6 is 0 Å². The maximum Gasteiger partial charge on any atom is 0.119 e. The quantitative estimate of drug-likeness (QED) is 0.821. The normalized spacial score (nSPS) is 21.6. The van der Waals surface area contributed by atoms with E-state index in [-0.39, 0.29) is 0 Å². The van der Waals surface area contributed by atoms with Crippen molar-refractivity contribution in [3.8, 4) is 5.75 Å². The molecular formula is C13H20N2O. The standard InChI is InChI=1S/C13H20N2O/c1-11-9-14-7-8-15(10-11)12-3-5-13(16-2)6-4-12/h3-6,11,14H,7-10H2,1-2H3. The van der Waals surface area contributed by atoms with E-state index >= 15 is 0 Å². The van der Waals surface area contributed by atoms with E-state index in [0.717, 1.165) is 31.9 Å². The smallest absolute Gasteiger partial charge is 0.119 e. The molecule has 1 heterocycles. The molecule has 0 amide bonds. The van der Waals surface area contributed by atoms with Crippen LogP contribution in [0.1, 0.15) is 6.92 Å². The fourth-order valence-electron chi connectivity index (χ4n) is 2.12. The Bertz CT molecular complexity index is 323. The molecule has 1 aromatic carbocycles. The first-order valence-electron chi connectivity index (χ1n) is 5.89. The van der Waals surface area contributed by atoms with E-state index in [9.17, 15) is 0 Å². The minimum absolute atomic E-state index is 0.699. The van der Waals surface area contributed by atoms with Crippen LogP contribution in [0.15, 0.2) is 24.3 Å². The maximum atomic E-state index is 5.17. The molecule has 1 atom stereocenters. The Labute approximate surface area is 97.4 Å². The highest BCUT2D eigenvalue weighted by Gasteiger charge is 2.14. The number of methoxy groups -OCH3 is 1. The Morgan fingerprint density at radius 2 is 2.06 bits per heavy atom. The van der Waals surface area contributed by atoms with Crippen LogP contribution in [0.4, 0.5) is 5.69 Å². The van der Waals surface area contributed by atoms with Crippen LogP contribution < -0.4 is 15.0 Å². The first-order valence-corrected chi connectivity index (χ1v) is 5.89. The summed E-state index contributed by atoms with van der Waals surface area (Å²) in [7, 11) is 1.70. The first-order chi connectivity index (χ1) is 7.79. The van der Waals surface area contributed by atoms with Crippen LogP contribution in [0.5, 0.6) is 5.75 Å². The third kappa shape index (κ3) is 2.67. The molecule has 3 heteroatoms. The minimum atomic E-state index is 0.699. The average Bonchev–Trinajstić information content (AvgIpc) is 2.54. The second-order valence-corrected chi connectivity index (χ2v) is 4.45. The summed E-state index contributed by atoms with van der Waals surface area (Å²) in [5.41, 5.74) is 1.29. The van der Waals surface area contributed by atoms with Gasteiger partial charge < -0.3 is 15.0 Å². The van der Waals surface area contributed by atoms with Gasteiger partial charge in [0.15, 0.2) is 0 Å². The van der Waals surface area contributed by atoms with Crippen LogP contribution in [0.2, 0.25) is 0 Å². The zero-order valence-electron chi connectivity index (χ0n) is 10.1. The predicted octanol–water partition coefficient (Wildman–Crippen LogP) is 1.74. The molecule has 0 saturated carbocycles. The Kier molecular flexibility index (Phi) is 3.67.